The van der Waals surface area contributed by atoms with Crippen molar-refractivity contribution in [3.05, 3.63) is 54.1 Å². The number of methoxy groups -OCH3 is 2. The Balaban J connectivity index is 2.07. The van der Waals surface area contributed by atoms with Crippen LogP contribution in [0.15, 0.2) is 48.5 Å². The van der Waals surface area contributed by atoms with Crippen LogP contribution in [0.1, 0.15) is 23.7 Å². The van der Waals surface area contributed by atoms with Crippen LogP contribution in [-0.2, 0) is 4.79 Å². The summed E-state index contributed by atoms with van der Waals surface area (Å²) in [7, 11) is 3.13. The molecule has 1 heterocycles. The molecule has 3 rings (SSSR count). The van der Waals surface area contributed by atoms with E-state index in [0.717, 1.165) is 5.56 Å². The zero-order valence-corrected chi connectivity index (χ0v) is 15.9. The molecule has 0 saturated carbocycles. The van der Waals surface area contributed by atoms with Gasteiger partial charge in [0.15, 0.2) is 11.5 Å². The van der Waals surface area contributed by atoms with Crippen LogP contribution in [0.3, 0.4) is 0 Å². The van der Waals surface area contributed by atoms with Gasteiger partial charge in [-0.2, -0.15) is 0 Å². The Morgan fingerprint density at radius 1 is 0.964 bits per heavy atom. The lowest BCUT2D eigenvalue weighted by Gasteiger charge is -2.12. The van der Waals surface area contributed by atoms with Gasteiger partial charge >= 0.3 is 0 Å². The van der Waals surface area contributed by atoms with Crippen molar-refractivity contribution in [2.24, 2.45) is 0 Å². The minimum absolute atomic E-state index is 0.271. The Labute approximate surface area is 162 Å². The van der Waals surface area contributed by atoms with Crippen molar-refractivity contribution in [1.29, 1.82) is 0 Å². The number of ether oxygens (including phenoxy) is 2. The summed E-state index contributed by atoms with van der Waals surface area (Å²) in [5.41, 5.74) is 7.30. The second-order valence-corrected chi connectivity index (χ2v) is 6.00. The lowest BCUT2D eigenvalue weighted by molar-refractivity contribution is -0.121. The molecule has 0 aliphatic rings. The van der Waals surface area contributed by atoms with E-state index in [1.165, 1.54) is 0 Å². The highest BCUT2D eigenvalue weighted by Gasteiger charge is 2.15. The molecule has 0 atom stereocenters. The van der Waals surface area contributed by atoms with E-state index in [-0.39, 0.29) is 12.3 Å². The molecule has 7 nitrogen and oxygen atoms in total. The van der Waals surface area contributed by atoms with Crippen LogP contribution < -0.4 is 20.3 Å². The fourth-order valence-electron chi connectivity index (χ4n) is 2.79. The summed E-state index contributed by atoms with van der Waals surface area (Å²) < 4.78 is 10.6. The summed E-state index contributed by atoms with van der Waals surface area (Å²) in [5.74, 6) is 0.484. The molecular formula is C21H21N3O4. The number of nitrogens with zero attached hydrogens (tertiary/aromatic N) is 1. The maximum Gasteiger partial charge on any atom is 0.270 e. The van der Waals surface area contributed by atoms with E-state index in [0.29, 0.717) is 33.7 Å². The van der Waals surface area contributed by atoms with Crippen LogP contribution in [0.25, 0.3) is 22.2 Å². The molecule has 0 aliphatic carbocycles. The first kappa shape index (κ1) is 19.2. The predicted molar refractivity (Wildman–Crippen MR) is 106 cm³/mol. The second-order valence-electron chi connectivity index (χ2n) is 6.00. The van der Waals surface area contributed by atoms with Crippen molar-refractivity contribution in [2.75, 3.05) is 14.2 Å². The van der Waals surface area contributed by atoms with E-state index >= 15 is 0 Å². The summed E-state index contributed by atoms with van der Waals surface area (Å²) in [4.78, 5) is 28.8. The summed E-state index contributed by atoms with van der Waals surface area (Å²) >= 11 is 0. The van der Waals surface area contributed by atoms with Gasteiger partial charge in [-0.25, -0.2) is 4.98 Å². The normalized spacial score (nSPS) is 10.4. The van der Waals surface area contributed by atoms with Crippen LogP contribution in [0, 0.1) is 0 Å². The number of para-hydroxylation sites is 1. The highest BCUT2D eigenvalue weighted by Crippen LogP contribution is 2.33. The topological polar surface area (TPSA) is 89.6 Å². The molecule has 0 spiro atoms. The van der Waals surface area contributed by atoms with E-state index in [4.69, 9.17) is 9.47 Å². The van der Waals surface area contributed by atoms with Gasteiger partial charge in [-0.05, 0) is 30.3 Å². The number of rotatable bonds is 5. The molecule has 144 valence electrons. The molecular weight excluding hydrogens is 358 g/mol. The fraction of sp³-hybridized carbons (Fsp3) is 0.190. The van der Waals surface area contributed by atoms with Gasteiger partial charge in [0.05, 0.1) is 31.0 Å². The Morgan fingerprint density at radius 3 is 2.43 bits per heavy atom. The first-order valence-corrected chi connectivity index (χ1v) is 8.78. The molecule has 0 radical (unpaired) electrons. The first-order valence-electron chi connectivity index (χ1n) is 8.78. The first-order chi connectivity index (χ1) is 13.6. The molecule has 0 unspecified atom stereocenters. The average Bonchev–Trinajstić information content (AvgIpc) is 2.75. The summed E-state index contributed by atoms with van der Waals surface area (Å²) in [6, 6.07) is 14.5. The minimum Gasteiger partial charge on any atom is -0.493 e. The molecule has 3 aromatic rings. The molecule has 0 aliphatic heterocycles. The van der Waals surface area contributed by atoms with Gasteiger partial charge < -0.3 is 9.47 Å². The van der Waals surface area contributed by atoms with Gasteiger partial charge in [0, 0.05) is 17.4 Å². The average molecular weight is 379 g/mol. The standard InChI is InChI=1S/C21H21N3O4/c1-4-20(25)23-24-21(26)15-12-17(22-16-8-6-5-7-14(15)16)13-9-10-18(27-2)19(11-13)28-3/h5-12H,4H2,1-3H3,(H,23,25)(H,24,26). The number of hydrazine groups is 1. The number of carbonyl (C=O) groups excluding carboxylic acids is 2. The van der Waals surface area contributed by atoms with Gasteiger partial charge in [0.25, 0.3) is 5.91 Å². The molecule has 0 saturated heterocycles. The summed E-state index contributed by atoms with van der Waals surface area (Å²) in [6.45, 7) is 1.71. The molecule has 1 aromatic heterocycles. The minimum atomic E-state index is -0.415. The van der Waals surface area contributed by atoms with E-state index in [1.54, 1.807) is 39.3 Å². The molecule has 2 aromatic carbocycles. The van der Waals surface area contributed by atoms with Crippen molar-refractivity contribution in [1.82, 2.24) is 15.8 Å². The number of aromatic nitrogens is 1. The third-order valence-corrected chi connectivity index (χ3v) is 4.28. The molecule has 2 amide bonds. The highest BCUT2D eigenvalue weighted by molar-refractivity contribution is 6.07. The quantitative estimate of drug-likeness (QED) is 0.665. The number of fused-ring (bicyclic) bond motifs is 1. The van der Waals surface area contributed by atoms with Gasteiger partial charge in [-0.1, -0.05) is 25.1 Å². The van der Waals surface area contributed by atoms with Crippen molar-refractivity contribution in [2.45, 2.75) is 13.3 Å². The summed E-state index contributed by atoms with van der Waals surface area (Å²) in [6.07, 6.45) is 0.272. The molecule has 0 bridgehead atoms. The number of pyridine rings is 1. The number of benzene rings is 2. The lowest BCUT2D eigenvalue weighted by atomic mass is 10.0. The molecule has 0 fully saturated rings. The van der Waals surface area contributed by atoms with Gasteiger partial charge in [-0.15, -0.1) is 0 Å². The molecule has 2 N–H and O–H groups in total. The Morgan fingerprint density at radius 2 is 1.71 bits per heavy atom. The van der Waals surface area contributed by atoms with E-state index in [9.17, 15) is 9.59 Å². The summed E-state index contributed by atoms with van der Waals surface area (Å²) in [5, 5.41) is 0.690. The van der Waals surface area contributed by atoms with Gasteiger partial charge in [0.2, 0.25) is 5.91 Å². The van der Waals surface area contributed by atoms with E-state index in [1.807, 2.05) is 30.3 Å². The number of carbonyl (C=O) groups is 2. The molecule has 28 heavy (non-hydrogen) atoms. The largest absolute Gasteiger partial charge is 0.493 e. The SMILES string of the molecule is CCC(=O)NNC(=O)c1cc(-c2ccc(OC)c(OC)c2)nc2ccccc12. The third-order valence-electron chi connectivity index (χ3n) is 4.28. The number of amides is 2. The van der Waals surface area contributed by atoms with Crippen molar-refractivity contribution >= 4 is 22.7 Å². The van der Waals surface area contributed by atoms with Crippen LogP contribution in [0.2, 0.25) is 0 Å². The Hall–Kier alpha value is -3.61. The number of hydrogen-bond donors (Lipinski definition) is 2. The lowest BCUT2D eigenvalue weighted by Crippen LogP contribution is -2.41. The second kappa shape index (κ2) is 8.39. The van der Waals surface area contributed by atoms with Crippen LogP contribution >= 0.6 is 0 Å². The third kappa shape index (κ3) is 3.88. The monoisotopic (exact) mass is 379 g/mol. The van der Waals surface area contributed by atoms with Gasteiger partial charge in [0.1, 0.15) is 0 Å². The number of nitrogens with one attached hydrogen (secondary N) is 2. The van der Waals surface area contributed by atoms with Crippen LogP contribution in [0.5, 0.6) is 11.5 Å². The smallest absolute Gasteiger partial charge is 0.270 e. The maximum absolute atomic E-state index is 12.7. The zero-order valence-electron chi connectivity index (χ0n) is 15.9. The van der Waals surface area contributed by atoms with Crippen molar-refractivity contribution in [3.63, 3.8) is 0 Å². The van der Waals surface area contributed by atoms with Crippen LogP contribution in [-0.4, -0.2) is 31.0 Å². The predicted octanol–water partition coefficient (Wildman–Crippen LogP) is 3.09. The molecule has 7 heteroatoms. The Kier molecular flexibility index (Phi) is 5.74. The van der Waals surface area contributed by atoms with Crippen molar-refractivity contribution in [3.8, 4) is 22.8 Å². The van der Waals surface area contributed by atoms with Gasteiger partial charge in [-0.3, -0.25) is 20.4 Å². The Bertz CT molecular complexity index is 1030. The maximum atomic E-state index is 12.7. The van der Waals surface area contributed by atoms with Crippen LogP contribution in [0.4, 0.5) is 0 Å². The van der Waals surface area contributed by atoms with Crippen molar-refractivity contribution < 1.29 is 19.1 Å². The zero-order chi connectivity index (χ0) is 20.1. The fourth-order valence-corrected chi connectivity index (χ4v) is 2.79. The van der Waals surface area contributed by atoms with E-state index < -0.39 is 5.91 Å². The highest BCUT2D eigenvalue weighted by atomic mass is 16.5. The van der Waals surface area contributed by atoms with E-state index in [2.05, 4.69) is 15.8 Å². The number of hydrogen-bond acceptors (Lipinski definition) is 5.